The summed E-state index contributed by atoms with van der Waals surface area (Å²) >= 11 is 0. The van der Waals surface area contributed by atoms with E-state index in [0.717, 1.165) is 16.7 Å². The van der Waals surface area contributed by atoms with Gasteiger partial charge in [0.05, 0.1) is 12.1 Å². The zero-order chi connectivity index (χ0) is 11.7. The molecule has 0 aliphatic carbocycles. The summed E-state index contributed by atoms with van der Waals surface area (Å²) in [6.07, 6.45) is 0. The van der Waals surface area contributed by atoms with Crippen molar-refractivity contribution in [2.24, 2.45) is 0 Å². The second-order valence-electron chi connectivity index (χ2n) is 3.95. The van der Waals surface area contributed by atoms with Gasteiger partial charge in [-0.3, -0.25) is 9.98 Å². The number of para-hydroxylation sites is 2. The highest BCUT2D eigenvalue weighted by Gasteiger charge is 2.05. The number of hydrogen-bond acceptors (Lipinski definition) is 2. The van der Waals surface area contributed by atoms with E-state index in [0.29, 0.717) is 6.54 Å². The second kappa shape index (κ2) is 3.94. The Hall–Kier alpha value is -2.29. The minimum absolute atomic E-state index is 0.190. The number of nitrogens with one attached hydrogen (secondary N) is 1. The molecule has 0 atom stereocenters. The molecule has 0 radical (unpaired) electrons. The van der Waals surface area contributed by atoms with E-state index in [4.69, 9.17) is 9.83 Å². The van der Waals surface area contributed by atoms with Crippen molar-refractivity contribution < 1.29 is 4.42 Å². The number of aromatic nitrogens is 1. The predicted molar refractivity (Wildman–Crippen MR) is 65.6 cm³/mol. The van der Waals surface area contributed by atoms with Crippen LogP contribution < -0.4 is 5.68 Å². The van der Waals surface area contributed by atoms with Crippen LogP contribution in [0.1, 0.15) is 5.56 Å². The molecule has 0 saturated heterocycles. The largest absolute Gasteiger partial charge is 0.424 e. The van der Waals surface area contributed by atoms with Crippen LogP contribution in [-0.4, -0.2) is 4.57 Å². The van der Waals surface area contributed by atoms with Gasteiger partial charge in [0, 0.05) is 0 Å². The molecule has 0 amide bonds. The van der Waals surface area contributed by atoms with E-state index in [1.807, 2.05) is 59.2 Å². The summed E-state index contributed by atoms with van der Waals surface area (Å²) in [5.74, 6) is 0. The third-order valence-electron chi connectivity index (χ3n) is 2.79. The molecule has 1 N–H and O–H groups in total. The Morgan fingerprint density at radius 1 is 0.941 bits per heavy atom. The molecular formula is C14H12N2O. The summed E-state index contributed by atoms with van der Waals surface area (Å²) in [6.45, 7) is 0.663. The molecule has 3 aromatic rings. The fraction of sp³-hybridized carbons (Fsp3) is 0.0714. The van der Waals surface area contributed by atoms with Crippen LogP contribution in [0.15, 0.2) is 59.0 Å². The molecule has 2 aromatic carbocycles. The van der Waals surface area contributed by atoms with Gasteiger partial charge in [0.25, 0.3) is 5.68 Å². The summed E-state index contributed by atoms with van der Waals surface area (Å²) in [5.41, 5.74) is 3.07. The molecule has 3 rings (SSSR count). The maximum Gasteiger partial charge on any atom is 0.295 e. The number of fused-ring (bicyclic) bond motifs is 1. The fourth-order valence-corrected chi connectivity index (χ4v) is 1.96. The molecule has 0 unspecified atom stereocenters. The highest BCUT2D eigenvalue weighted by Crippen LogP contribution is 2.13. The van der Waals surface area contributed by atoms with E-state index in [1.165, 1.54) is 0 Å². The van der Waals surface area contributed by atoms with Crippen LogP contribution in [0.3, 0.4) is 0 Å². The van der Waals surface area contributed by atoms with Crippen molar-refractivity contribution >= 4 is 11.1 Å². The maximum atomic E-state index is 7.84. The molecule has 0 bridgehead atoms. The van der Waals surface area contributed by atoms with Crippen LogP contribution in [0.4, 0.5) is 0 Å². The van der Waals surface area contributed by atoms with Crippen molar-refractivity contribution in [3.63, 3.8) is 0 Å². The van der Waals surface area contributed by atoms with Gasteiger partial charge in [0.15, 0.2) is 5.58 Å². The van der Waals surface area contributed by atoms with Gasteiger partial charge in [0.1, 0.15) is 0 Å². The number of nitrogens with zero attached hydrogens (tertiary/aromatic N) is 1. The van der Waals surface area contributed by atoms with Gasteiger partial charge in [-0.1, -0.05) is 42.5 Å². The first-order chi connectivity index (χ1) is 8.34. The van der Waals surface area contributed by atoms with Crippen LogP contribution >= 0.6 is 0 Å². The van der Waals surface area contributed by atoms with Crippen molar-refractivity contribution in [3.05, 3.63) is 65.8 Å². The zero-order valence-electron chi connectivity index (χ0n) is 9.26. The first-order valence-electron chi connectivity index (χ1n) is 5.51. The van der Waals surface area contributed by atoms with Gasteiger partial charge in [0.2, 0.25) is 0 Å². The van der Waals surface area contributed by atoms with E-state index in [1.54, 1.807) is 0 Å². The van der Waals surface area contributed by atoms with Gasteiger partial charge >= 0.3 is 0 Å². The van der Waals surface area contributed by atoms with Gasteiger partial charge in [-0.05, 0) is 17.7 Å². The Labute approximate surface area is 98.4 Å². The van der Waals surface area contributed by atoms with E-state index in [2.05, 4.69) is 0 Å². The summed E-state index contributed by atoms with van der Waals surface area (Å²) in [7, 11) is 0. The average molecular weight is 224 g/mol. The van der Waals surface area contributed by atoms with Crippen molar-refractivity contribution in [3.8, 4) is 0 Å². The van der Waals surface area contributed by atoms with Crippen LogP contribution in [0.25, 0.3) is 11.1 Å². The third kappa shape index (κ3) is 1.76. The first kappa shape index (κ1) is 9.90. The van der Waals surface area contributed by atoms with Crippen LogP contribution in [0.5, 0.6) is 0 Å². The molecule has 0 spiro atoms. The van der Waals surface area contributed by atoms with Crippen molar-refractivity contribution in [2.45, 2.75) is 6.54 Å². The normalized spacial score (nSPS) is 10.8. The molecule has 3 heteroatoms. The molecule has 0 fully saturated rings. The highest BCUT2D eigenvalue weighted by molar-refractivity contribution is 5.72. The zero-order valence-corrected chi connectivity index (χ0v) is 9.26. The number of oxazole rings is 1. The monoisotopic (exact) mass is 224 g/mol. The lowest BCUT2D eigenvalue weighted by Crippen LogP contribution is -2.14. The third-order valence-corrected chi connectivity index (χ3v) is 2.79. The van der Waals surface area contributed by atoms with Crippen molar-refractivity contribution in [2.75, 3.05) is 0 Å². The SMILES string of the molecule is N=c1oc2ccccc2n1Cc1ccccc1. The molecule has 3 nitrogen and oxygen atoms in total. The second-order valence-corrected chi connectivity index (χ2v) is 3.95. The molecule has 0 aliphatic rings. The number of rotatable bonds is 2. The Morgan fingerprint density at radius 2 is 1.65 bits per heavy atom. The predicted octanol–water partition coefficient (Wildman–Crippen LogP) is 2.76. The standard InChI is InChI=1S/C14H12N2O/c15-14-16(10-11-6-2-1-3-7-11)12-8-4-5-9-13(12)17-14/h1-9,15H,10H2. The van der Waals surface area contributed by atoms with Crippen LogP contribution in [-0.2, 0) is 6.54 Å². The van der Waals surface area contributed by atoms with Crippen LogP contribution in [0, 0.1) is 5.41 Å². The molecule has 1 heterocycles. The lowest BCUT2D eigenvalue weighted by molar-refractivity contribution is 0.486. The number of benzene rings is 2. The van der Waals surface area contributed by atoms with Crippen molar-refractivity contribution in [1.29, 1.82) is 5.41 Å². The van der Waals surface area contributed by atoms with E-state index < -0.39 is 0 Å². The van der Waals surface area contributed by atoms with Gasteiger partial charge in [-0.25, -0.2) is 0 Å². The van der Waals surface area contributed by atoms with E-state index in [-0.39, 0.29) is 5.68 Å². The summed E-state index contributed by atoms with van der Waals surface area (Å²) in [4.78, 5) is 0. The Kier molecular flexibility index (Phi) is 2.29. The summed E-state index contributed by atoms with van der Waals surface area (Å²) in [6, 6.07) is 17.8. The highest BCUT2D eigenvalue weighted by atomic mass is 16.3. The molecule has 1 aromatic heterocycles. The molecule has 0 saturated carbocycles. The first-order valence-corrected chi connectivity index (χ1v) is 5.51. The fourth-order valence-electron chi connectivity index (χ4n) is 1.96. The Morgan fingerprint density at radius 3 is 2.47 bits per heavy atom. The van der Waals surface area contributed by atoms with E-state index in [9.17, 15) is 0 Å². The van der Waals surface area contributed by atoms with Crippen LogP contribution in [0.2, 0.25) is 0 Å². The lowest BCUT2D eigenvalue weighted by Gasteiger charge is -2.02. The Balaban J connectivity index is 2.12. The molecular weight excluding hydrogens is 212 g/mol. The lowest BCUT2D eigenvalue weighted by atomic mass is 10.2. The van der Waals surface area contributed by atoms with E-state index >= 15 is 0 Å². The minimum Gasteiger partial charge on any atom is -0.424 e. The average Bonchev–Trinajstić information content (AvgIpc) is 2.68. The molecule has 84 valence electrons. The summed E-state index contributed by atoms with van der Waals surface area (Å²) in [5, 5.41) is 7.84. The maximum absolute atomic E-state index is 7.84. The van der Waals surface area contributed by atoms with Gasteiger partial charge in [-0.15, -0.1) is 0 Å². The van der Waals surface area contributed by atoms with Gasteiger partial charge in [-0.2, -0.15) is 0 Å². The summed E-state index contributed by atoms with van der Waals surface area (Å²) < 4.78 is 7.27. The molecule has 0 aliphatic heterocycles. The van der Waals surface area contributed by atoms with Crippen molar-refractivity contribution in [1.82, 2.24) is 4.57 Å². The Bertz CT molecular complexity index is 695. The van der Waals surface area contributed by atoms with Gasteiger partial charge < -0.3 is 4.42 Å². The minimum atomic E-state index is 0.190. The smallest absolute Gasteiger partial charge is 0.295 e. The number of hydrogen-bond donors (Lipinski definition) is 1. The molecule has 17 heavy (non-hydrogen) atoms. The topological polar surface area (TPSA) is 41.9 Å². The quantitative estimate of drug-likeness (QED) is 0.714.